The minimum atomic E-state index is -0.184. The molecule has 2 fully saturated rings. The maximum absolute atomic E-state index is 13.5. The van der Waals surface area contributed by atoms with Crippen LogP contribution in [0.1, 0.15) is 49.1 Å². The smallest absolute Gasteiger partial charge is 0.223 e. The summed E-state index contributed by atoms with van der Waals surface area (Å²) in [5.74, 6) is 0.983. The van der Waals surface area contributed by atoms with E-state index in [0.29, 0.717) is 24.4 Å². The molecule has 2 unspecified atom stereocenters. The zero-order valence-electron chi connectivity index (χ0n) is 13.8. The minimum Gasteiger partial charge on any atom is -0.396 e. The summed E-state index contributed by atoms with van der Waals surface area (Å²) in [6, 6.07) is 5.26. The number of likely N-dealkylation sites (tertiary alicyclic amines) is 1. The molecular formula is C19H26FNO2. The van der Waals surface area contributed by atoms with Crippen LogP contribution in [0.5, 0.6) is 0 Å². The number of halogens is 1. The predicted molar refractivity (Wildman–Crippen MR) is 87.6 cm³/mol. The number of aryl methyl sites for hydroxylation is 1. The van der Waals surface area contributed by atoms with Crippen molar-refractivity contribution in [3.8, 4) is 0 Å². The number of benzene rings is 1. The van der Waals surface area contributed by atoms with Crippen molar-refractivity contribution < 1.29 is 14.3 Å². The van der Waals surface area contributed by atoms with Gasteiger partial charge in [0.15, 0.2) is 0 Å². The van der Waals surface area contributed by atoms with Crippen molar-refractivity contribution in [2.45, 2.75) is 44.9 Å². The van der Waals surface area contributed by atoms with Gasteiger partial charge in [0.05, 0.1) is 0 Å². The lowest BCUT2D eigenvalue weighted by Gasteiger charge is -2.33. The van der Waals surface area contributed by atoms with Crippen molar-refractivity contribution >= 4 is 5.91 Å². The lowest BCUT2D eigenvalue weighted by molar-refractivity contribution is -0.133. The van der Waals surface area contributed by atoms with Gasteiger partial charge in [-0.25, -0.2) is 4.39 Å². The van der Waals surface area contributed by atoms with Gasteiger partial charge in [-0.1, -0.05) is 12.1 Å². The summed E-state index contributed by atoms with van der Waals surface area (Å²) < 4.78 is 13.5. The van der Waals surface area contributed by atoms with Gasteiger partial charge < -0.3 is 10.0 Å². The number of hydrogen-bond donors (Lipinski definition) is 1. The molecule has 23 heavy (non-hydrogen) atoms. The first kappa shape index (κ1) is 16.4. The van der Waals surface area contributed by atoms with E-state index in [1.165, 1.54) is 6.07 Å². The zero-order chi connectivity index (χ0) is 16.4. The standard InChI is InChI=1S/C19H26FNO2/c1-13-9-16(6-7-18(13)20)17(15-4-5-15)10-19(23)21-8-2-3-14(11-21)12-22/h6-7,9,14-15,17,22H,2-5,8,10-12H2,1H3. The Kier molecular flexibility index (Phi) is 5.00. The van der Waals surface area contributed by atoms with E-state index in [2.05, 4.69) is 0 Å². The van der Waals surface area contributed by atoms with E-state index >= 15 is 0 Å². The first-order valence-corrected chi connectivity index (χ1v) is 8.73. The average Bonchev–Trinajstić information content (AvgIpc) is 3.40. The largest absolute Gasteiger partial charge is 0.396 e. The van der Waals surface area contributed by atoms with Crippen LogP contribution in [-0.4, -0.2) is 35.6 Å². The van der Waals surface area contributed by atoms with Crippen molar-refractivity contribution in [2.75, 3.05) is 19.7 Å². The van der Waals surface area contributed by atoms with Gasteiger partial charge >= 0.3 is 0 Å². The van der Waals surface area contributed by atoms with Crippen LogP contribution in [0.15, 0.2) is 18.2 Å². The van der Waals surface area contributed by atoms with Crippen LogP contribution >= 0.6 is 0 Å². The summed E-state index contributed by atoms with van der Waals surface area (Å²) in [4.78, 5) is 14.6. The first-order chi connectivity index (χ1) is 11.1. The molecule has 0 spiro atoms. The van der Waals surface area contributed by atoms with E-state index in [0.717, 1.165) is 37.8 Å². The predicted octanol–water partition coefficient (Wildman–Crippen LogP) is 3.25. The normalized spacial score (nSPS) is 22.9. The van der Waals surface area contributed by atoms with Crippen LogP contribution in [0, 0.1) is 24.6 Å². The maximum atomic E-state index is 13.5. The minimum absolute atomic E-state index is 0.160. The summed E-state index contributed by atoms with van der Waals surface area (Å²) in [7, 11) is 0. The molecule has 1 aliphatic carbocycles. The Morgan fingerprint density at radius 1 is 1.39 bits per heavy atom. The van der Waals surface area contributed by atoms with E-state index in [1.54, 1.807) is 6.92 Å². The van der Waals surface area contributed by atoms with Gasteiger partial charge in [0.1, 0.15) is 5.82 Å². The molecule has 0 bridgehead atoms. The summed E-state index contributed by atoms with van der Waals surface area (Å²) in [6.07, 6.45) is 4.80. The zero-order valence-corrected chi connectivity index (χ0v) is 13.8. The number of nitrogens with zero attached hydrogens (tertiary/aromatic N) is 1. The number of carbonyl (C=O) groups is 1. The fraction of sp³-hybridized carbons (Fsp3) is 0.632. The van der Waals surface area contributed by atoms with Gasteiger partial charge in [0.25, 0.3) is 0 Å². The third-order valence-electron chi connectivity index (χ3n) is 5.33. The van der Waals surface area contributed by atoms with Gasteiger partial charge in [0, 0.05) is 26.1 Å². The Morgan fingerprint density at radius 3 is 2.83 bits per heavy atom. The fourth-order valence-corrected chi connectivity index (χ4v) is 3.71. The SMILES string of the molecule is Cc1cc(C(CC(=O)N2CCCC(CO)C2)C2CC2)ccc1F. The van der Waals surface area contributed by atoms with Crippen LogP contribution < -0.4 is 0 Å². The third-order valence-corrected chi connectivity index (χ3v) is 5.33. The van der Waals surface area contributed by atoms with E-state index < -0.39 is 0 Å². The fourth-order valence-electron chi connectivity index (χ4n) is 3.71. The van der Waals surface area contributed by atoms with Crippen LogP contribution in [0.4, 0.5) is 4.39 Å². The molecular weight excluding hydrogens is 293 g/mol. The number of hydrogen-bond acceptors (Lipinski definition) is 2. The number of carbonyl (C=O) groups excluding carboxylic acids is 1. The lowest BCUT2D eigenvalue weighted by Crippen LogP contribution is -2.41. The summed E-state index contributed by atoms with van der Waals surface area (Å²) >= 11 is 0. The second-order valence-electron chi connectivity index (χ2n) is 7.19. The molecule has 3 rings (SSSR count). The number of aliphatic hydroxyl groups is 1. The highest BCUT2D eigenvalue weighted by Gasteiger charge is 2.35. The van der Waals surface area contributed by atoms with Gasteiger partial charge in [-0.15, -0.1) is 0 Å². The van der Waals surface area contributed by atoms with Crippen LogP contribution in [0.25, 0.3) is 0 Å². The van der Waals surface area contributed by atoms with Gasteiger partial charge in [-0.2, -0.15) is 0 Å². The Balaban J connectivity index is 1.69. The highest BCUT2D eigenvalue weighted by molar-refractivity contribution is 5.77. The van der Waals surface area contributed by atoms with E-state index in [9.17, 15) is 14.3 Å². The Labute approximate surface area is 137 Å². The van der Waals surface area contributed by atoms with Crippen LogP contribution in [0.3, 0.4) is 0 Å². The molecule has 3 nitrogen and oxygen atoms in total. The second-order valence-corrected chi connectivity index (χ2v) is 7.19. The number of amides is 1. The van der Waals surface area contributed by atoms with E-state index in [-0.39, 0.29) is 30.2 Å². The average molecular weight is 319 g/mol. The van der Waals surface area contributed by atoms with Gasteiger partial charge in [-0.05, 0) is 67.6 Å². The molecule has 1 N–H and O–H groups in total. The van der Waals surface area contributed by atoms with Crippen LogP contribution in [0.2, 0.25) is 0 Å². The highest BCUT2D eigenvalue weighted by Crippen LogP contribution is 2.45. The van der Waals surface area contributed by atoms with E-state index in [1.807, 2.05) is 17.0 Å². The summed E-state index contributed by atoms with van der Waals surface area (Å²) in [5, 5.41) is 9.33. The molecule has 1 amide bonds. The molecule has 1 aromatic rings. The van der Waals surface area contributed by atoms with Crippen molar-refractivity contribution in [1.29, 1.82) is 0 Å². The third kappa shape index (κ3) is 3.92. The molecule has 1 saturated heterocycles. The number of piperidine rings is 1. The number of rotatable bonds is 5. The van der Waals surface area contributed by atoms with Gasteiger partial charge in [-0.3, -0.25) is 4.79 Å². The molecule has 0 radical (unpaired) electrons. The van der Waals surface area contributed by atoms with Crippen LogP contribution in [-0.2, 0) is 4.79 Å². The van der Waals surface area contributed by atoms with Crippen molar-refractivity contribution in [3.63, 3.8) is 0 Å². The van der Waals surface area contributed by atoms with E-state index in [4.69, 9.17) is 0 Å². The molecule has 0 aromatic heterocycles. The number of aliphatic hydroxyl groups excluding tert-OH is 1. The first-order valence-electron chi connectivity index (χ1n) is 8.73. The van der Waals surface area contributed by atoms with Crippen molar-refractivity contribution in [3.05, 3.63) is 35.1 Å². The molecule has 4 heteroatoms. The Hall–Kier alpha value is -1.42. The topological polar surface area (TPSA) is 40.5 Å². The second kappa shape index (κ2) is 7.00. The highest BCUT2D eigenvalue weighted by atomic mass is 19.1. The monoisotopic (exact) mass is 319 g/mol. The maximum Gasteiger partial charge on any atom is 0.223 e. The summed E-state index contributed by atoms with van der Waals surface area (Å²) in [5.41, 5.74) is 1.74. The quantitative estimate of drug-likeness (QED) is 0.905. The summed E-state index contributed by atoms with van der Waals surface area (Å²) in [6.45, 7) is 3.42. The lowest BCUT2D eigenvalue weighted by atomic mass is 9.89. The molecule has 1 aromatic carbocycles. The Morgan fingerprint density at radius 2 is 2.17 bits per heavy atom. The Bertz CT molecular complexity index is 570. The molecule has 1 heterocycles. The molecule has 2 aliphatic rings. The molecule has 1 aliphatic heterocycles. The van der Waals surface area contributed by atoms with Crippen molar-refractivity contribution in [1.82, 2.24) is 4.90 Å². The molecule has 1 saturated carbocycles. The van der Waals surface area contributed by atoms with Crippen molar-refractivity contribution in [2.24, 2.45) is 11.8 Å². The molecule has 126 valence electrons. The van der Waals surface area contributed by atoms with Gasteiger partial charge in [0.2, 0.25) is 5.91 Å². The molecule has 2 atom stereocenters.